The molecule has 2 rings (SSSR count). The molecule has 0 aromatic rings. The van der Waals surface area contributed by atoms with E-state index in [9.17, 15) is 8.42 Å². The van der Waals surface area contributed by atoms with E-state index in [1.165, 1.54) is 0 Å². The Kier molecular flexibility index (Phi) is 4.87. The molecule has 116 valence electrons. The minimum atomic E-state index is -3.11. The first-order valence-corrected chi connectivity index (χ1v) is 8.78. The van der Waals surface area contributed by atoms with Crippen molar-refractivity contribution in [3.8, 4) is 0 Å². The summed E-state index contributed by atoms with van der Waals surface area (Å²) >= 11 is 0. The van der Waals surface area contributed by atoms with Crippen LogP contribution in [0.5, 0.6) is 0 Å². The quantitative estimate of drug-likeness (QED) is 0.308. The van der Waals surface area contributed by atoms with Crippen molar-refractivity contribution in [2.24, 2.45) is 16.8 Å². The maximum absolute atomic E-state index is 12.2. The van der Waals surface area contributed by atoms with Crippen molar-refractivity contribution in [3.05, 3.63) is 0 Å². The molecule has 0 aromatic heterocycles. The Morgan fingerprint density at radius 2 is 1.95 bits per heavy atom. The first-order chi connectivity index (χ1) is 9.47. The number of hydrogen-bond donors (Lipinski definition) is 2. The molecule has 1 aliphatic heterocycles. The van der Waals surface area contributed by atoms with Crippen LogP contribution < -0.4 is 5.73 Å². The van der Waals surface area contributed by atoms with Crippen LogP contribution in [0.3, 0.4) is 0 Å². The standard InChI is InChI=1S/C12H24N4O3S/c1-2-11(12(13)14-17)15-5-7-16(8-6-15)20(18,19)9-10-3-4-10/h10-11,17H,2-9H2,1H3,(H2,13,14). The molecule has 1 aliphatic carbocycles. The van der Waals surface area contributed by atoms with Crippen LogP contribution in [0.4, 0.5) is 0 Å². The van der Waals surface area contributed by atoms with Gasteiger partial charge in [-0.15, -0.1) is 0 Å². The summed E-state index contributed by atoms with van der Waals surface area (Å²) in [5.41, 5.74) is 5.68. The van der Waals surface area contributed by atoms with Gasteiger partial charge in [-0.1, -0.05) is 12.1 Å². The highest BCUT2D eigenvalue weighted by molar-refractivity contribution is 7.89. The summed E-state index contributed by atoms with van der Waals surface area (Å²) < 4.78 is 26.0. The van der Waals surface area contributed by atoms with Gasteiger partial charge in [-0.2, -0.15) is 4.31 Å². The van der Waals surface area contributed by atoms with E-state index in [0.29, 0.717) is 37.8 Å². The Balaban J connectivity index is 1.91. The van der Waals surface area contributed by atoms with Crippen LogP contribution in [-0.2, 0) is 10.0 Å². The zero-order valence-corrected chi connectivity index (χ0v) is 12.7. The van der Waals surface area contributed by atoms with Gasteiger partial charge in [0.15, 0.2) is 5.84 Å². The predicted molar refractivity (Wildman–Crippen MR) is 77.1 cm³/mol. The number of amidine groups is 1. The molecule has 0 radical (unpaired) electrons. The monoisotopic (exact) mass is 304 g/mol. The second-order valence-electron chi connectivity index (χ2n) is 5.61. The molecule has 3 N–H and O–H groups in total. The van der Waals surface area contributed by atoms with Gasteiger partial charge in [-0.3, -0.25) is 4.90 Å². The normalized spacial score (nSPS) is 24.8. The Morgan fingerprint density at radius 3 is 2.40 bits per heavy atom. The molecule has 8 heteroatoms. The number of rotatable bonds is 6. The van der Waals surface area contributed by atoms with Gasteiger partial charge in [0.25, 0.3) is 0 Å². The Hall–Kier alpha value is -0.860. The van der Waals surface area contributed by atoms with Crippen LogP contribution in [0.2, 0.25) is 0 Å². The van der Waals surface area contributed by atoms with E-state index in [2.05, 4.69) is 10.1 Å². The number of hydrogen-bond acceptors (Lipinski definition) is 5. The van der Waals surface area contributed by atoms with Gasteiger partial charge < -0.3 is 10.9 Å². The summed E-state index contributed by atoms with van der Waals surface area (Å²) in [7, 11) is -3.11. The fourth-order valence-corrected chi connectivity index (χ4v) is 4.56. The van der Waals surface area contributed by atoms with Crippen molar-refractivity contribution in [1.82, 2.24) is 9.21 Å². The van der Waals surface area contributed by atoms with E-state index in [-0.39, 0.29) is 11.9 Å². The van der Waals surface area contributed by atoms with Crippen LogP contribution in [-0.4, -0.2) is 66.6 Å². The summed E-state index contributed by atoms with van der Waals surface area (Å²) in [5, 5.41) is 11.9. The molecule has 20 heavy (non-hydrogen) atoms. The number of nitrogens with two attached hydrogens (primary N) is 1. The van der Waals surface area contributed by atoms with Crippen molar-refractivity contribution < 1.29 is 13.6 Å². The van der Waals surface area contributed by atoms with E-state index in [4.69, 9.17) is 10.9 Å². The van der Waals surface area contributed by atoms with Gasteiger partial charge in [0.05, 0.1) is 11.8 Å². The summed E-state index contributed by atoms with van der Waals surface area (Å²) in [6.07, 6.45) is 2.83. The summed E-state index contributed by atoms with van der Waals surface area (Å²) in [4.78, 5) is 2.08. The Bertz CT molecular complexity index is 453. The molecule has 1 atom stereocenters. The summed E-state index contributed by atoms with van der Waals surface area (Å²) in [6, 6.07) is -0.117. The number of sulfonamides is 1. The second-order valence-corrected chi connectivity index (χ2v) is 7.62. The maximum Gasteiger partial charge on any atom is 0.214 e. The van der Waals surface area contributed by atoms with Crippen LogP contribution >= 0.6 is 0 Å². The van der Waals surface area contributed by atoms with Gasteiger partial charge in [0, 0.05) is 26.2 Å². The molecule has 0 bridgehead atoms. The van der Waals surface area contributed by atoms with Crippen molar-refractivity contribution in [2.45, 2.75) is 32.2 Å². The molecule has 1 saturated carbocycles. The lowest BCUT2D eigenvalue weighted by molar-refractivity contribution is 0.161. The zero-order chi connectivity index (χ0) is 14.8. The average molecular weight is 304 g/mol. The van der Waals surface area contributed by atoms with Gasteiger partial charge >= 0.3 is 0 Å². The molecule has 7 nitrogen and oxygen atoms in total. The van der Waals surface area contributed by atoms with Crippen molar-refractivity contribution in [3.63, 3.8) is 0 Å². The molecule has 2 aliphatic rings. The maximum atomic E-state index is 12.2. The van der Waals surface area contributed by atoms with Crippen LogP contribution in [0.25, 0.3) is 0 Å². The second kappa shape index (κ2) is 6.28. The first kappa shape index (κ1) is 15.5. The topological polar surface area (TPSA) is 99.2 Å². The molecule has 2 fully saturated rings. The van der Waals surface area contributed by atoms with E-state index >= 15 is 0 Å². The van der Waals surface area contributed by atoms with E-state index in [1.54, 1.807) is 4.31 Å². The Labute approximate surface area is 120 Å². The molecule has 0 spiro atoms. The van der Waals surface area contributed by atoms with Crippen LogP contribution in [0.1, 0.15) is 26.2 Å². The highest BCUT2D eigenvalue weighted by atomic mass is 32.2. The summed E-state index contributed by atoms with van der Waals surface area (Å²) in [6.45, 7) is 4.20. The SMILES string of the molecule is CCC(C(N)=NO)N1CCN(S(=O)(=O)CC2CC2)CC1. The fraction of sp³-hybridized carbons (Fsp3) is 0.917. The fourth-order valence-electron chi connectivity index (χ4n) is 2.70. The van der Waals surface area contributed by atoms with Gasteiger partial charge in [0.2, 0.25) is 10.0 Å². The largest absolute Gasteiger partial charge is 0.409 e. The lowest BCUT2D eigenvalue weighted by atomic mass is 10.1. The van der Waals surface area contributed by atoms with E-state index in [0.717, 1.165) is 19.3 Å². The minimum absolute atomic E-state index is 0.117. The third kappa shape index (κ3) is 3.62. The minimum Gasteiger partial charge on any atom is -0.409 e. The van der Waals surface area contributed by atoms with Gasteiger partial charge in [0.1, 0.15) is 0 Å². The predicted octanol–water partition coefficient (Wildman–Crippen LogP) is -0.131. The van der Waals surface area contributed by atoms with Gasteiger partial charge in [-0.25, -0.2) is 8.42 Å². The number of piperazine rings is 1. The highest BCUT2D eigenvalue weighted by Crippen LogP contribution is 2.31. The lowest BCUT2D eigenvalue weighted by Gasteiger charge is -2.37. The van der Waals surface area contributed by atoms with Gasteiger partial charge in [-0.05, 0) is 25.2 Å². The van der Waals surface area contributed by atoms with Crippen LogP contribution in [0, 0.1) is 5.92 Å². The van der Waals surface area contributed by atoms with E-state index < -0.39 is 10.0 Å². The molecule has 1 heterocycles. The molecular weight excluding hydrogens is 280 g/mol. The molecule has 1 unspecified atom stereocenters. The zero-order valence-electron chi connectivity index (χ0n) is 11.9. The van der Waals surface area contributed by atoms with Crippen molar-refractivity contribution >= 4 is 15.9 Å². The number of oxime groups is 1. The van der Waals surface area contributed by atoms with Crippen LogP contribution in [0.15, 0.2) is 5.16 Å². The summed E-state index contributed by atoms with van der Waals surface area (Å²) in [5.74, 6) is 0.866. The first-order valence-electron chi connectivity index (χ1n) is 7.17. The molecule has 1 saturated heterocycles. The Morgan fingerprint density at radius 1 is 1.35 bits per heavy atom. The molecule has 0 amide bonds. The lowest BCUT2D eigenvalue weighted by Crippen LogP contribution is -2.55. The highest BCUT2D eigenvalue weighted by Gasteiger charge is 2.35. The number of nitrogens with zero attached hydrogens (tertiary/aromatic N) is 3. The average Bonchev–Trinajstić information content (AvgIpc) is 3.23. The molecular formula is C12H24N4O3S. The van der Waals surface area contributed by atoms with Crippen molar-refractivity contribution in [1.29, 1.82) is 0 Å². The third-order valence-corrected chi connectivity index (χ3v) is 6.14. The third-order valence-electron chi connectivity index (χ3n) is 4.09. The smallest absolute Gasteiger partial charge is 0.214 e. The van der Waals surface area contributed by atoms with E-state index in [1.807, 2.05) is 6.92 Å². The van der Waals surface area contributed by atoms with Crippen molar-refractivity contribution in [2.75, 3.05) is 31.9 Å². The molecule has 0 aromatic carbocycles.